The normalized spacial score (nSPS) is 10.2. The number of rotatable bonds is 7. The number of hydrogen-bond acceptors (Lipinski definition) is 4. The molecule has 0 bridgehead atoms. The average Bonchev–Trinajstić information content (AvgIpc) is 2.74. The molecule has 0 aliphatic heterocycles. The van der Waals surface area contributed by atoms with Crippen LogP contribution in [0.15, 0.2) is 83.8 Å². The summed E-state index contributed by atoms with van der Waals surface area (Å²) < 4.78 is 5.24. The van der Waals surface area contributed by atoms with Gasteiger partial charge in [0.2, 0.25) is 5.91 Å². The van der Waals surface area contributed by atoms with Gasteiger partial charge in [0.25, 0.3) is 5.91 Å². The zero-order valence-electron chi connectivity index (χ0n) is 15.3. The van der Waals surface area contributed by atoms with Crippen LogP contribution in [0.2, 0.25) is 0 Å². The second-order valence-corrected chi connectivity index (χ2v) is 6.93. The standard InChI is InChI=1S/C22H20N2O3S/c1-27-20-10-6-5-9-19(20)24-22(26)16-11-13-17(14-12-16)23-21(25)15-28-18-7-3-2-4-8-18/h2-14H,15H2,1H3,(H,23,25)(H,24,26). The molecule has 28 heavy (non-hydrogen) atoms. The second-order valence-electron chi connectivity index (χ2n) is 5.88. The van der Waals surface area contributed by atoms with E-state index in [4.69, 9.17) is 4.74 Å². The van der Waals surface area contributed by atoms with E-state index in [0.717, 1.165) is 4.90 Å². The number of carbonyl (C=O) groups is 2. The van der Waals surface area contributed by atoms with E-state index in [-0.39, 0.29) is 11.8 Å². The molecule has 2 N–H and O–H groups in total. The predicted molar refractivity (Wildman–Crippen MR) is 113 cm³/mol. The topological polar surface area (TPSA) is 67.4 Å². The van der Waals surface area contributed by atoms with Gasteiger partial charge in [-0.05, 0) is 48.5 Å². The average molecular weight is 392 g/mol. The van der Waals surface area contributed by atoms with Crippen LogP contribution in [0.3, 0.4) is 0 Å². The third-order valence-electron chi connectivity index (χ3n) is 3.90. The minimum Gasteiger partial charge on any atom is -0.495 e. The van der Waals surface area contributed by atoms with Crippen molar-refractivity contribution in [1.29, 1.82) is 0 Å². The molecule has 5 nitrogen and oxygen atoms in total. The van der Waals surface area contributed by atoms with Crippen molar-refractivity contribution in [2.24, 2.45) is 0 Å². The van der Waals surface area contributed by atoms with E-state index in [1.165, 1.54) is 11.8 Å². The van der Waals surface area contributed by atoms with Crippen molar-refractivity contribution in [3.05, 3.63) is 84.4 Å². The first-order valence-electron chi connectivity index (χ1n) is 8.68. The van der Waals surface area contributed by atoms with Gasteiger partial charge in [-0.15, -0.1) is 11.8 Å². The number of methoxy groups -OCH3 is 1. The van der Waals surface area contributed by atoms with Crippen LogP contribution < -0.4 is 15.4 Å². The Morgan fingerprint density at radius 3 is 2.25 bits per heavy atom. The molecule has 6 heteroatoms. The van der Waals surface area contributed by atoms with Gasteiger partial charge in [-0.2, -0.15) is 0 Å². The molecule has 0 atom stereocenters. The van der Waals surface area contributed by atoms with Crippen molar-refractivity contribution in [1.82, 2.24) is 0 Å². The number of ether oxygens (including phenoxy) is 1. The highest BCUT2D eigenvalue weighted by Crippen LogP contribution is 2.24. The second kappa shape index (κ2) is 9.62. The molecule has 3 aromatic rings. The lowest BCUT2D eigenvalue weighted by Gasteiger charge is -2.10. The van der Waals surface area contributed by atoms with Crippen LogP contribution in [0.4, 0.5) is 11.4 Å². The fraction of sp³-hybridized carbons (Fsp3) is 0.0909. The van der Waals surface area contributed by atoms with Gasteiger partial charge in [0, 0.05) is 16.1 Å². The summed E-state index contributed by atoms with van der Waals surface area (Å²) in [6.45, 7) is 0. The molecular weight excluding hydrogens is 372 g/mol. The summed E-state index contributed by atoms with van der Waals surface area (Å²) in [7, 11) is 1.55. The summed E-state index contributed by atoms with van der Waals surface area (Å²) in [6, 6.07) is 23.7. The summed E-state index contributed by atoms with van der Waals surface area (Å²) in [5, 5.41) is 5.66. The lowest BCUT2D eigenvalue weighted by molar-refractivity contribution is -0.113. The number of nitrogens with one attached hydrogen (secondary N) is 2. The van der Waals surface area contributed by atoms with Gasteiger partial charge in [0.05, 0.1) is 18.6 Å². The molecule has 0 unspecified atom stereocenters. The van der Waals surface area contributed by atoms with E-state index in [0.29, 0.717) is 28.4 Å². The van der Waals surface area contributed by atoms with Crippen LogP contribution in [0.1, 0.15) is 10.4 Å². The first-order chi connectivity index (χ1) is 13.7. The fourth-order valence-corrected chi connectivity index (χ4v) is 3.23. The van der Waals surface area contributed by atoms with Gasteiger partial charge in [-0.3, -0.25) is 9.59 Å². The first kappa shape index (κ1) is 19.5. The summed E-state index contributed by atoms with van der Waals surface area (Å²) >= 11 is 1.47. The van der Waals surface area contributed by atoms with Gasteiger partial charge in [-0.1, -0.05) is 30.3 Å². The Hall–Kier alpha value is -3.25. The number of hydrogen-bond donors (Lipinski definition) is 2. The Balaban J connectivity index is 1.55. The summed E-state index contributed by atoms with van der Waals surface area (Å²) in [4.78, 5) is 25.6. The number of thioether (sulfide) groups is 1. The maximum atomic E-state index is 12.4. The summed E-state index contributed by atoms with van der Waals surface area (Å²) in [5.41, 5.74) is 1.74. The lowest BCUT2D eigenvalue weighted by atomic mass is 10.2. The molecule has 142 valence electrons. The third kappa shape index (κ3) is 5.37. The van der Waals surface area contributed by atoms with Crippen LogP contribution >= 0.6 is 11.8 Å². The van der Waals surface area contributed by atoms with E-state index >= 15 is 0 Å². The van der Waals surface area contributed by atoms with Gasteiger partial charge in [0.15, 0.2) is 0 Å². The molecule has 0 spiro atoms. The molecule has 0 saturated heterocycles. The Morgan fingerprint density at radius 1 is 0.857 bits per heavy atom. The molecule has 0 aromatic heterocycles. The predicted octanol–water partition coefficient (Wildman–Crippen LogP) is 4.68. The molecule has 0 heterocycles. The number of anilines is 2. The van der Waals surface area contributed by atoms with Crippen LogP contribution in [-0.2, 0) is 4.79 Å². The third-order valence-corrected chi connectivity index (χ3v) is 4.91. The van der Waals surface area contributed by atoms with Crippen molar-refractivity contribution in [2.45, 2.75) is 4.90 Å². The monoisotopic (exact) mass is 392 g/mol. The smallest absolute Gasteiger partial charge is 0.255 e. The zero-order valence-corrected chi connectivity index (χ0v) is 16.2. The number of para-hydroxylation sites is 2. The van der Waals surface area contributed by atoms with Gasteiger partial charge >= 0.3 is 0 Å². The Bertz CT molecular complexity index is 944. The van der Waals surface area contributed by atoms with Crippen LogP contribution in [-0.4, -0.2) is 24.7 Å². The quantitative estimate of drug-likeness (QED) is 0.573. The zero-order chi connectivity index (χ0) is 19.8. The highest BCUT2D eigenvalue weighted by molar-refractivity contribution is 8.00. The largest absolute Gasteiger partial charge is 0.495 e. The Morgan fingerprint density at radius 2 is 1.54 bits per heavy atom. The van der Waals surface area contributed by atoms with E-state index < -0.39 is 0 Å². The molecule has 0 fully saturated rings. The highest BCUT2D eigenvalue weighted by Gasteiger charge is 2.10. The molecular formula is C22H20N2O3S. The fourth-order valence-electron chi connectivity index (χ4n) is 2.51. The summed E-state index contributed by atoms with van der Waals surface area (Å²) in [5.74, 6) is 0.567. The van der Waals surface area contributed by atoms with Crippen molar-refractivity contribution < 1.29 is 14.3 Å². The molecule has 0 aliphatic carbocycles. The summed E-state index contributed by atoms with van der Waals surface area (Å²) in [6.07, 6.45) is 0. The number of carbonyl (C=O) groups excluding carboxylic acids is 2. The maximum absolute atomic E-state index is 12.4. The number of benzene rings is 3. The van der Waals surface area contributed by atoms with E-state index in [9.17, 15) is 9.59 Å². The SMILES string of the molecule is COc1ccccc1NC(=O)c1ccc(NC(=O)CSc2ccccc2)cc1. The van der Waals surface area contributed by atoms with Crippen molar-refractivity contribution in [2.75, 3.05) is 23.5 Å². The van der Waals surface area contributed by atoms with Crippen LogP contribution in [0.5, 0.6) is 5.75 Å². The highest BCUT2D eigenvalue weighted by atomic mass is 32.2. The Labute approximate surface area is 168 Å². The Kier molecular flexibility index (Phi) is 6.70. The van der Waals surface area contributed by atoms with Crippen molar-refractivity contribution >= 4 is 35.0 Å². The van der Waals surface area contributed by atoms with Crippen molar-refractivity contribution in [3.8, 4) is 5.75 Å². The molecule has 3 rings (SSSR count). The van der Waals surface area contributed by atoms with E-state index in [1.807, 2.05) is 42.5 Å². The molecule has 0 saturated carbocycles. The maximum Gasteiger partial charge on any atom is 0.255 e. The molecule has 0 radical (unpaired) electrons. The van der Waals surface area contributed by atoms with Gasteiger partial charge in [0.1, 0.15) is 5.75 Å². The minimum absolute atomic E-state index is 0.0972. The molecule has 3 aromatic carbocycles. The van der Waals surface area contributed by atoms with Gasteiger partial charge < -0.3 is 15.4 Å². The number of amides is 2. The molecule has 2 amide bonds. The minimum atomic E-state index is -0.248. The van der Waals surface area contributed by atoms with E-state index in [2.05, 4.69) is 10.6 Å². The molecule has 0 aliphatic rings. The van der Waals surface area contributed by atoms with Crippen LogP contribution in [0, 0.1) is 0 Å². The van der Waals surface area contributed by atoms with Crippen LogP contribution in [0.25, 0.3) is 0 Å². The van der Waals surface area contributed by atoms with Gasteiger partial charge in [-0.25, -0.2) is 0 Å². The first-order valence-corrected chi connectivity index (χ1v) is 9.66. The van der Waals surface area contributed by atoms with Crippen molar-refractivity contribution in [3.63, 3.8) is 0 Å². The van der Waals surface area contributed by atoms with E-state index in [1.54, 1.807) is 43.5 Å². The lowest BCUT2D eigenvalue weighted by Crippen LogP contribution is -2.15.